The number of unbranched alkanes of at least 4 members (excludes halogenated alkanes) is 1. The van der Waals surface area contributed by atoms with Gasteiger partial charge in [-0.05, 0) is 42.0 Å². The average molecular weight is 335 g/mol. The minimum Gasteiger partial charge on any atom is -0.327 e. The maximum absolute atomic E-state index is 4.98. The molecule has 0 saturated heterocycles. The van der Waals surface area contributed by atoms with Crippen LogP contribution in [0.25, 0.3) is 11.0 Å². The van der Waals surface area contributed by atoms with E-state index < -0.39 is 0 Å². The molecule has 0 N–H and O–H groups in total. The Labute approximate surface area is 151 Å². The third-order valence-corrected chi connectivity index (χ3v) is 4.93. The summed E-state index contributed by atoms with van der Waals surface area (Å²) in [6, 6.07) is 17.6. The normalized spacial score (nSPS) is 12.8. The van der Waals surface area contributed by atoms with Gasteiger partial charge in [0.1, 0.15) is 5.82 Å². The summed E-state index contributed by atoms with van der Waals surface area (Å²) in [5, 5.41) is 0. The number of hydrogen-bond acceptors (Lipinski definition) is 1. The molecule has 1 heterocycles. The lowest BCUT2D eigenvalue weighted by Gasteiger charge is -2.16. The first-order chi connectivity index (χ1) is 12.1. The molecule has 1 aromatic heterocycles. The fourth-order valence-electron chi connectivity index (χ4n) is 3.54. The topological polar surface area (TPSA) is 17.8 Å². The van der Waals surface area contributed by atoms with Gasteiger partial charge in [-0.25, -0.2) is 4.98 Å². The van der Waals surface area contributed by atoms with Crippen molar-refractivity contribution in [2.75, 3.05) is 0 Å². The quantitative estimate of drug-likeness (QED) is 0.504. The Morgan fingerprint density at radius 1 is 0.960 bits per heavy atom. The predicted octanol–water partition coefficient (Wildman–Crippen LogP) is 6.19. The van der Waals surface area contributed by atoms with Gasteiger partial charge in [-0.15, -0.1) is 0 Å². The van der Waals surface area contributed by atoms with Crippen molar-refractivity contribution in [3.63, 3.8) is 0 Å². The van der Waals surface area contributed by atoms with Crippen LogP contribution in [0.5, 0.6) is 0 Å². The zero-order valence-corrected chi connectivity index (χ0v) is 16.0. The Kier molecular flexibility index (Phi) is 5.57. The molecule has 132 valence electrons. The van der Waals surface area contributed by atoms with Crippen LogP contribution < -0.4 is 0 Å². The van der Waals surface area contributed by atoms with E-state index in [1.54, 1.807) is 0 Å². The Balaban J connectivity index is 1.94. The maximum Gasteiger partial charge on any atom is 0.117 e. The van der Waals surface area contributed by atoms with E-state index in [0.717, 1.165) is 18.5 Å². The van der Waals surface area contributed by atoms with Gasteiger partial charge < -0.3 is 4.57 Å². The van der Waals surface area contributed by atoms with E-state index in [9.17, 15) is 0 Å². The lowest BCUT2D eigenvalue weighted by Crippen LogP contribution is -2.08. The number of benzene rings is 2. The molecule has 0 aliphatic heterocycles. The van der Waals surface area contributed by atoms with Crippen LogP contribution >= 0.6 is 0 Å². The van der Waals surface area contributed by atoms with Crippen LogP contribution in [0.2, 0.25) is 0 Å². The number of aromatic nitrogens is 2. The van der Waals surface area contributed by atoms with E-state index in [-0.39, 0.29) is 0 Å². The van der Waals surface area contributed by atoms with Gasteiger partial charge in [0.25, 0.3) is 0 Å². The summed E-state index contributed by atoms with van der Waals surface area (Å²) in [5.74, 6) is 2.19. The molecule has 0 radical (unpaired) electrons. The van der Waals surface area contributed by atoms with Crippen LogP contribution in [0, 0.1) is 5.92 Å². The van der Waals surface area contributed by atoms with Crippen molar-refractivity contribution in [3.8, 4) is 0 Å². The number of rotatable bonds is 7. The summed E-state index contributed by atoms with van der Waals surface area (Å²) in [6.07, 6.45) is 3.53. The van der Waals surface area contributed by atoms with Crippen LogP contribution in [0.1, 0.15) is 63.4 Å². The van der Waals surface area contributed by atoms with Gasteiger partial charge >= 0.3 is 0 Å². The molecular weight excluding hydrogens is 304 g/mol. The SMILES string of the molecule is CCCCn1c([C@H](C)c2ccc(CC(C)C)cc2)nc2ccccc21. The molecule has 3 rings (SSSR count). The Morgan fingerprint density at radius 3 is 2.36 bits per heavy atom. The highest BCUT2D eigenvalue weighted by atomic mass is 15.1. The molecule has 0 bridgehead atoms. The molecule has 0 saturated carbocycles. The number of aryl methyl sites for hydroxylation is 1. The van der Waals surface area contributed by atoms with Crippen LogP contribution in [-0.4, -0.2) is 9.55 Å². The van der Waals surface area contributed by atoms with Crippen molar-refractivity contribution in [2.24, 2.45) is 5.92 Å². The predicted molar refractivity (Wildman–Crippen MR) is 107 cm³/mol. The van der Waals surface area contributed by atoms with Crippen LogP contribution in [0.3, 0.4) is 0 Å². The summed E-state index contributed by atoms with van der Waals surface area (Å²) in [5.41, 5.74) is 5.14. The van der Waals surface area contributed by atoms with E-state index in [0.29, 0.717) is 11.8 Å². The fourth-order valence-corrected chi connectivity index (χ4v) is 3.54. The van der Waals surface area contributed by atoms with E-state index in [4.69, 9.17) is 4.98 Å². The van der Waals surface area contributed by atoms with Gasteiger partial charge in [0, 0.05) is 12.5 Å². The van der Waals surface area contributed by atoms with Gasteiger partial charge in [0.2, 0.25) is 0 Å². The molecular formula is C23H30N2. The summed E-state index contributed by atoms with van der Waals surface area (Å²) >= 11 is 0. The van der Waals surface area contributed by atoms with E-state index >= 15 is 0 Å². The second-order valence-corrected chi connectivity index (χ2v) is 7.53. The Bertz CT molecular complexity index is 812. The number of hydrogen-bond donors (Lipinski definition) is 0. The number of nitrogens with zero attached hydrogens (tertiary/aromatic N) is 2. The lowest BCUT2D eigenvalue weighted by atomic mass is 9.96. The molecule has 0 spiro atoms. The second kappa shape index (κ2) is 7.86. The molecule has 0 unspecified atom stereocenters. The molecule has 2 heteroatoms. The molecule has 0 aliphatic carbocycles. The van der Waals surface area contributed by atoms with Crippen molar-refractivity contribution in [1.29, 1.82) is 0 Å². The number of para-hydroxylation sites is 2. The first kappa shape index (κ1) is 17.7. The smallest absolute Gasteiger partial charge is 0.117 e. The summed E-state index contributed by atoms with van der Waals surface area (Å²) in [6.45, 7) is 10.1. The largest absolute Gasteiger partial charge is 0.327 e. The van der Waals surface area contributed by atoms with E-state index in [1.807, 2.05) is 0 Å². The first-order valence-electron chi connectivity index (χ1n) is 9.64. The standard InChI is InChI=1S/C23H30N2/c1-5-6-15-25-22-10-8-7-9-21(22)24-23(25)18(4)20-13-11-19(12-14-20)16-17(2)3/h7-14,17-18H,5-6,15-16H2,1-4H3/t18-/m1/s1. The van der Waals surface area contributed by atoms with Crippen molar-refractivity contribution in [1.82, 2.24) is 9.55 Å². The van der Waals surface area contributed by atoms with Crippen LogP contribution in [0.4, 0.5) is 0 Å². The minimum atomic E-state index is 0.303. The number of fused-ring (bicyclic) bond motifs is 1. The van der Waals surface area contributed by atoms with Crippen molar-refractivity contribution in [3.05, 3.63) is 65.5 Å². The third-order valence-electron chi connectivity index (χ3n) is 4.93. The highest BCUT2D eigenvalue weighted by molar-refractivity contribution is 5.76. The molecule has 0 amide bonds. The summed E-state index contributed by atoms with van der Waals surface area (Å²) < 4.78 is 2.42. The Morgan fingerprint density at radius 2 is 1.68 bits per heavy atom. The van der Waals surface area contributed by atoms with Crippen LogP contribution in [-0.2, 0) is 13.0 Å². The van der Waals surface area contributed by atoms with Gasteiger partial charge in [0.05, 0.1) is 11.0 Å². The average Bonchev–Trinajstić information content (AvgIpc) is 2.98. The van der Waals surface area contributed by atoms with Gasteiger partial charge in [-0.2, -0.15) is 0 Å². The van der Waals surface area contributed by atoms with E-state index in [2.05, 4.69) is 80.8 Å². The van der Waals surface area contributed by atoms with Crippen molar-refractivity contribution < 1.29 is 0 Å². The lowest BCUT2D eigenvalue weighted by molar-refractivity contribution is 0.603. The highest BCUT2D eigenvalue weighted by Crippen LogP contribution is 2.28. The van der Waals surface area contributed by atoms with Gasteiger partial charge in [-0.1, -0.05) is 70.5 Å². The monoisotopic (exact) mass is 334 g/mol. The van der Waals surface area contributed by atoms with Gasteiger partial charge in [0.15, 0.2) is 0 Å². The zero-order valence-electron chi connectivity index (χ0n) is 16.0. The number of imidazole rings is 1. The fraction of sp³-hybridized carbons (Fsp3) is 0.435. The molecule has 25 heavy (non-hydrogen) atoms. The summed E-state index contributed by atoms with van der Waals surface area (Å²) in [7, 11) is 0. The maximum atomic E-state index is 4.98. The third kappa shape index (κ3) is 3.95. The zero-order chi connectivity index (χ0) is 17.8. The highest BCUT2D eigenvalue weighted by Gasteiger charge is 2.18. The molecule has 1 atom stereocenters. The van der Waals surface area contributed by atoms with Crippen molar-refractivity contribution >= 4 is 11.0 Å². The first-order valence-corrected chi connectivity index (χ1v) is 9.64. The summed E-state index contributed by atoms with van der Waals surface area (Å²) in [4.78, 5) is 4.98. The Hall–Kier alpha value is -2.09. The molecule has 0 aliphatic rings. The molecule has 2 nitrogen and oxygen atoms in total. The minimum absolute atomic E-state index is 0.303. The molecule has 2 aromatic carbocycles. The second-order valence-electron chi connectivity index (χ2n) is 7.53. The van der Waals surface area contributed by atoms with E-state index in [1.165, 1.54) is 35.3 Å². The van der Waals surface area contributed by atoms with Gasteiger partial charge in [-0.3, -0.25) is 0 Å². The molecule has 3 aromatic rings. The van der Waals surface area contributed by atoms with Crippen molar-refractivity contribution in [2.45, 2.75) is 59.4 Å². The van der Waals surface area contributed by atoms with Crippen LogP contribution in [0.15, 0.2) is 48.5 Å². The molecule has 0 fully saturated rings.